The molecular formula is C13H15F3O. The average Bonchev–Trinajstić information content (AvgIpc) is 2.15. The lowest BCUT2D eigenvalue weighted by Crippen LogP contribution is -2.20. The van der Waals surface area contributed by atoms with Crippen molar-refractivity contribution in [2.24, 2.45) is 5.92 Å². The van der Waals surface area contributed by atoms with Crippen molar-refractivity contribution in [3.63, 3.8) is 0 Å². The molecule has 94 valence electrons. The van der Waals surface area contributed by atoms with E-state index in [1.165, 1.54) is 25.1 Å². The zero-order valence-corrected chi connectivity index (χ0v) is 10.0. The molecule has 0 spiro atoms. The van der Waals surface area contributed by atoms with Gasteiger partial charge in [-0.15, -0.1) is 0 Å². The van der Waals surface area contributed by atoms with Gasteiger partial charge in [-0.1, -0.05) is 32.0 Å². The Balaban J connectivity index is 3.34. The Morgan fingerprint density at radius 3 is 2.12 bits per heavy atom. The van der Waals surface area contributed by atoms with Crippen molar-refractivity contribution in [3.05, 3.63) is 35.4 Å². The molecule has 0 N–H and O–H groups in total. The van der Waals surface area contributed by atoms with Crippen LogP contribution in [0.2, 0.25) is 0 Å². The van der Waals surface area contributed by atoms with Gasteiger partial charge in [0.25, 0.3) is 0 Å². The molecule has 0 aliphatic rings. The fourth-order valence-corrected chi connectivity index (χ4v) is 2.07. The Kier molecular flexibility index (Phi) is 3.96. The zero-order valence-electron chi connectivity index (χ0n) is 10.0. The van der Waals surface area contributed by atoms with Crippen LogP contribution in [0.15, 0.2) is 24.3 Å². The summed E-state index contributed by atoms with van der Waals surface area (Å²) in [6, 6.07) is 5.27. The van der Waals surface area contributed by atoms with Crippen molar-refractivity contribution >= 4 is 5.78 Å². The number of carbonyl (C=O) groups excluding carboxylic acids is 1. The molecule has 1 rings (SSSR count). The van der Waals surface area contributed by atoms with Gasteiger partial charge in [-0.05, 0) is 24.5 Å². The first-order valence-electron chi connectivity index (χ1n) is 5.41. The van der Waals surface area contributed by atoms with Gasteiger partial charge in [-0.2, -0.15) is 13.2 Å². The Morgan fingerprint density at radius 1 is 1.18 bits per heavy atom. The molecular weight excluding hydrogens is 229 g/mol. The smallest absolute Gasteiger partial charge is 0.299 e. The molecule has 1 aromatic carbocycles. The van der Waals surface area contributed by atoms with E-state index >= 15 is 0 Å². The summed E-state index contributed by atoms with van der Waals surface area (Å²) < 4.78 is 38.5. The lowest BCUT2D eigenvalue weighted by molar-refractivity contribution is -0.138. The predicted octanol–water partition coefficient (Wildman–Crippen LogP) is 4.03. The summed E-state index contributed by atoms with van der Waals surface area (Å²) in [5.41, 5.74) is -0.642. The van der Waals surface area contributed by atoms with E-state index in [9.17, 15) is 18.0 Å². The number of rotatable bonds is 3. The van der Waals surface area contributed by atoms with Crippen LogP contribution < -0.4 is 0 Å². The standard InChI is InChI=1S/C13H15F3O/c1-8(2)12(9(3)17)10-6-4-5-7-11(10)13(14,15)16/h4-8,12H,1-3H3. The lowest BCUT2D eigenvalue weighted by Gasteiger charge is -2.22. The van der Waals surface area contributed by atoms with Crippen LogP contribution in [-0.2, 0) is 11.0 Å². The second-order valence-electron chi connectivity index (χ2n) is 4.42. The molecule has 0 saturated carbocycles. The molecule has 1 unspecified atom stereocenters. The topological polar surface area (TPSA) is 17.1 Å². The van der Waals surface area contributed by atoms with Crippen LogP contribution in [0, 0.1) is 5.92 Å². The molecule has 0 amide bonds. The highest BCUT2D eigenvalue weighted by Gasteiger charge is 2.36. The minimum Gasteiger partial charge on any atom is -0.299 e. The van der Waals surface area contributed by atoms with E-state index in [0.717, 1.165) is 6.07 Å². The molecule has 17 heavy (non-hydrogen) atoms. The number of hydrogen-bond donors (Lipinski definition) is 0. The maximum atomic E-state index is 12.8. The van der Waals surface area contributed by atoms with Gasteiger partial charge in [0.15, 0.2) is 0 Å². The van der Waals surface area contributed by atoms with E-state index in [1.807, 2.05) is 0 Å². The number of carbonyl (C=O) groups is 1. The third kappa shape index (κ3) is 3.08. The molecule has 0 bridgehead atoms. The molecule has 0 saturated heterocycles. The van der Waals surface area contributed by atoms with Gasteiger partial charge >= 0.3 is 6.18 Å². The molecule has 1 atom stereocenters. The van der Waals surface area contributed by atoms with E-state index in [4.69, 9.17) is 0 Å². The minimum atomic E-state index is -4.42. The van der Waals surface area contributed by atoms with Crippen LogP contribution >= 0.6 is 0 Å². The average molecular weight is 244 g/mol. The number of Topliss-reactive ketones (excluding diaryl/α,β-unsaturated/α-hetero) is 1. The van der Waals surface area contributed by atoms with E-state index in [0.29, 0.717) is 0 Å². The third-order valence-corrected chi connectivity index (χ3v) is 2.71. The molecule has 0 fully saturated rings. The van der Waals surface area contributed by atoms with Crippen molar-refractivity contribution in [2.75, 3.05) is 0 Å². The Bertz CT molecular complexity index is 407. The van der Waals surface area contributed by atoms with Crippen LogP contribution in [0.5, 0.6) is 0 Å². The first-order valence-corrected chi connectivity index (χ1v) is 5.41. The molecule has 0 aliphatic heterocycles. The summed E-state index contributed by atoms with van der Waals surface area (Å²) in [4.78, 5) is 11.5. The monoisotopic (exact) mass is 244 g/mol. The van der Waals surface area contributed by atoms with Crippen LogP contribution in [0.3, 0.4) is 0 Å². The van der Waals surface area contributed by atoms with E-state index < -0.39 is 17.7 Å². The molecule has 0 aromatic heterocycles. The second kappa shape index (κ2) is 4.90. The Hall–Kier alpha value is -1.32. The van der Waals surface area contributed by atoms with Crippen molar-refractivity contribution in [1.29, 1.82) is 0 Å². The van der Waals surface area contributed by atoms with Gasteiger partial charge in [-0.3, -0.25) is 4.79 Å². The normalized spacial score (nSPS) is 13.8. The SMILES string of the molecule is CC(=O)C(c1ccccc1C(F)(F)F)C(C)C. The molecule has 0 radical (unpaired) electrons. The van der Waals surface area contributed by atoms with Gasteiger partial charge in [0.2, 0.25) is 0 Å². The second-order valence-corrected chi connectivity index (χ2v) is 4.42. The van der Waals surface area contributed by atoms with Crippen LogP contribution in [0.25, 0.3) is 0 Å². The summed E-state index contributed by atoms with van der Waals surface area (Å²) in [7, 11) is 0. The molecule has 1 aromatic rings. The quantitative estimate of drug-likeness (QED) is 0.784. The molecule has 0 heterocycles. The van der Waals surface area contributed by atoms with E-state index in [2.05, 4.69) is 0 Å². The fourth-order valence-electron chi connectivity index (χ4n) is 2.07. The van der Waals surface area contributed by atoms with Gasteiger partial charge in [0.05, 0.1) is 5.56 Å². The fraction of sp³-hybridized carbons (Fsp3) is 0.462. The maximum absolute atomic E-state index is 12.8. The van der Waals surface area contributed by atoms with Crippen LogP contribution in [0.4, 0.5) is 13.2 Å². The Morgan fingerprint density at radius 2 is 1.71 bits per heavy atom. The summed E-state index contributed by atoms with van der Waals surface area (Å²) in [5.74, 6) is -1.10. The highest BCUT2D eigenvalue weighted by Crippen LogP contribution is 2.37. The number of halogens is 3. The summed E-state index contributed by atoms with van der Waals surface area (Å²) in [6.45, 7) is 4.83. The largest absolute Gasteiger partial charge is 0.416 e. The van der Waals surface area contributed by atoms with Crippen LogP contribution in [0.1, 0.15) is 37.8 Å². The minimum absolute atomic E-state index is 0.0718. The van der Waals surface area contributed by atoms with Gasteiger partial charge in [-0.25, -0.2) is 0 Å². The molecule has 0 aliphatic carbocycles. The lowest BCUT2D eigenvalue weighted by atomic mass is 9.83. The summed E-state index contributed by atoms with van der Waals surface area (Å²) >= 11 is 0. The molecule has 1 nitrogen and oxygen atoms in total. The highest BCUT2D eigenvalue weighted by atomic mass is 19.4. The molecule has 4 heteroatoms. The first-order chi connectivity index (χ1) is 7.75. The number of alkyl halides is 3. The number of hydrogen-bond acceptors (Lipinski definition) is 1. The highest BCUT2D eigenvalue weighted by molar-refractivity contribution is 5.84. The van der Waals surface area contributed by atoms with Crippen molar-refractivity contribution in [1.82, 2.24) is 0 Å². The summed E-state index contributed by atoms with van der Waals surface area (Å²) in [5, 5.41) is 0. The maximum Gasteiger partial charge on any atom is 0.416 e. The van der Waals surface area contributed by atoms with Crippen molar-refractivity contribution in [3.8, 4) is 0 Å². The van der Waals surface area contributed by atoms with E-state index in [-0.39, 0.29) is 17.3 Å². The van der Waals surface area contributed by atoms with Crippen molar-refractivity contribution in [2.45, 2.75) is 32.9 Å². The Labute approximate surface area is 98.6 Å². The predicted molar refractivity (Wildman–Crippen MR) is 59.7 cm³/mol. The third-order valence-electron chi connectivity index (χ3n) is 2.71. The van der Waals surface area contributed by atoms with Crippen LogP contribution in [-0.4, -0.2) is 5.78 Å². The van der Waals surface area contributed by atoms with Gasteiger partial charge < -0.3 is 0 Å². The van der Waals surface area contributed by atoms with Crippen molar-refractivity contribution < 1.29 is 18.0 Å². The summed E-state index contributed by atoms with van der Waals surface area (Å²) in [6.07, 6.45) is -4.42. The van der Waals surface area contributed by atoms with Gasteiger partial charge in [0, 0.05) is 5.92 Å². The number of ketones is 1. The van der Waals surface area contributed by atoms with E-state index in [1.54, 1.807) is 13.8 Å². The zero-order chi connectivity index (χ0) is 13.2. The van der Waals surface area contributed by atoms with Gasteiger partial charge in [0.1, 0.15) is 5.78 Å². The first kappa shape index (κ1) is 13.7. The number of benzene rings is 1.